The molecule has 1 aliphatic rings. The zero-order chi connectivity index (χ0) is 40.3. The van der Waals surface area contributed by atoms with Crippen molar-refractivity contribution in [2.75, 3.05) is 4.90 Å². The highest BCUT2D eigenvalue weighted by Gasteiger charge is 2.46. The Kier molecular flexibility index (Phi) is 8.11. The standard InChI is InChI=1S/C59H39NO/c1-4-17-40(18-5-1)41-31-33-45(34-32-41)60(54-37-38-56-58(50-27-13-15-30-55(50)61-56)57(54)49-28-16-20-42-19-10-11-25-47(42)49)46-35-36-53-51(39-46)48-26-12-14-29-52(48)59(53,43-21-6-2-7-22-43)44-23-8-3-9-24-44/h1-39H. The predicted octanol–water partition coefficient (Wildman–Crippen LogP) is 15.9. The number of hydrogen-bond donors (Lipinski definition) is 0. The van der Waals surface area contributed by atoms with Crippen molar-refractivity contribution in [1.82, 2.24) is 0 Å². The molecule has 0 N–H and O–H groups in total. The summed E-state index contributed by atoms with van der Waals surface area (Å²) in [7, 11) is 0. The Bertz CT molecular complexity index is 3360. The molecule has 0 bridgehead atoms. The minimum Gasteiger partial charge on any atom is -0.456 e. The Morgan fingerprint density at radius 2 is 0.934 bits per heavy atom. The first kappa shape index (κ1) is 35.0. The summed E-state index contributed by atoms with van der Waals surface area (Å²) in [5.41, 5.74) is 16.7. The fourth-order valence-corrected chi connectivity index (χ4v) is 10.1. The lowest BCUT2D eigenvalue weighted by Gasteiger charge is -2.34. The van der Waals surface area contributed by atoms with E-state index in [9.17, 15) is 0 Å². The van der Waals surface area contributed by atoms with E-state index in [1.807, 2.05) is 0 Å². The van der Waals surface area contributed by atoms with Gasteiger partial charge in [0.05, 0.1) is 11.1 Å². The van der Waals surface area contributed by atoms with Crippen LogP contribution in [0.15, 0.2) is 241 Å². The number of para-hydroxylation sites is 1. The molecular formula is C59H39NO. The van der Waals surface area contributed by atoms with Gasteiger partial charge in [-0.2, -0.15) is 0 Å². The van der Waals surface area contributed by atoms with Gasteiger partial charge in [0.15, 0.2) is 0 Å². The maximum atomic E-state index is 6.63. The van der Waals surface area contributed by atoms with Crippen molar-refractivity contribution in [3.63, 3.8) is 0 Å². The first-order chi connectivity index (χ1) is 30.3. The summed E-state index contributed by atoms with van der Waals surface area (Å²) >= 11 is 0. The Hall–Kier alpha value is -7.94. The molecule has 0 aliphatic heterocycles. The highest BCUT2D eigenvalue weighted by Crippen LogP contribution is 2.58. The number of nitrogens with zero attached hydrogens (tertiary/aromatic N) is 1. The van der Waals surface area contributed by atoms with Crippen molar-refractivity contribution < 1.29 is 4.42 Å². The molecule has 1 aliphatic carbocycles. The molecule has 11 aromatic rings. The highest BCUT2D eigenvalue weighted by molar-refractivity contribution is 6.19. The van der Waals surface area contributed by atoms with Gasteiger partial charge in [0.25, 0.3) is 0 Å². The highest BCUT2D eigenvalue weighted by atomic mass is 16.3. The summed E-state index contributed by atoms with van der Waals surface area (Å²) in [4.78, 5) is 2.46. The van der Waals surface area contributed by atoms with Gasteiger partial charge in [-0.1, -0.05) is 194 Å². The second-order valence-corrected chi connectivity index (χ2v) is 16.0. The zero-order valence-electron chi connectivity index (χ0n) is 33.4. The van der Waals surface area contributed by atoms with Crippen LogP contribution in [0.2, 0.25) is 0 Å². The third-order valence-corrected chi connectivity index (χ3v) is 12.8. The van der Waals surface area contributed by atoms with Crippen LogP contribution >= 0.6 is 0 Å². The molecule has 1 heterocycles. The summed E-state index contributed by atoms with van der Waals surface area (Å²) in [6, 6.07) is 86.0. The van der Waals surface area contributed by atoms with Gasteiger partial charge in [0, 0.05) is 27.7 Å². The second kappa shape index (κ2) is 14.1. The topological polar surface area (TPSA) is 16.4 Å². The maximum absolute atomic E-state index is 6.63. The lowest BCUT2D eigenvalue weighted by Crippen LogP contribution is -2.28. The van der Waals surface area contributed by atoms with Crippen molar-refractivity contribution in [3.8, 4) is 33.4 Å². The molecule has 1 aromatic heterocycles. The maximum Gasteiger partial charge on any atom is 0.136 e. The summed E-state index contributed by atoms with van der Waals surface area (Å²) in [5, 5.41) is 4.60. The van der Waals surface area contributed by atoms with Crippen LogP contribution < -0.4 is 4.90 Å². The van der Waals surface area contributed by atoms with Gasteiger partial charge in [0.1, 0.15) is 11.2 Å². The van der Waals surface area contributed by atoms with Gasteiger partial charge in [-0.3, -0.25) is 0 Å². The SMILES string of the molecule is c1ccc(-c2ccc(N(c3ccc4c(c3)-c3ccccc3C4(c3ccccc3)c3ccccc3)c3ccc4oc5ccccc5c4c3-c3cccc4ccccc34)cc2)cc1. The van der Waals surface area contributed by atoms with E-state index in [4.69, 9.17) is 4.42 Å². The van der Waals surface area contributed by atoms with E-state index in [-0.39, 0.29) is 0 Å². The summed E-state index contributed by atoms with van der Waals surface area (Å²) < 4.78 is 6.63. The van der Waals surface area contributed by atoms with Crippen LogP contribution in [0.25, 0.3) is 66.1 Å². The molecule has 12 rings (SSSR count). The van der Waals surface area contributed by atoms with Gasteiger partial charge in [-0.15, -0.1) is 0 Å². The molecule has 0 fully saturated rings. The summed E-state index contributed by atoms with van der Waals surface area (Å²) in [6.07, 6.45) is 0. The molecule has 61 heavy (non-hydrogen) atoms. The third-order valence-electron chi connectivity index (χ3n) is 12.8. The summed E-state index contributed by atoms with van der Waals surface area (Å²) in [6.45, 7) is 0. The molecule has 286 valence electrons. The summed E-state index contributed by atoms with van der Waals surface area (Å²) in [5.74, 6) is 0. The average molecular weight is 778 g/mol. The minimum atomic E-state index is -0.488. The number of furan rings is 1. The molecule has 0 saturated heterocycles. The molecule has 0 saturated carbocycles. The first-order valence-electron chi connectivity index (χ1n) is 21.0. The van der Waals surface area contributed by atoms with E-state index in [1.165, 1.54) is 55.3 Å². The third kappa shape index (κ3) is 5.43. The molecule has 0 amide bonds. The largest absolute Gasteiger partial charge is 0.456 e. The number of hydrogen-bond acceptors (Lipinski definition) is 2. The molecule has 10 aromatic carbocycles. The molecular weight excluding hydrogens is 739 g/mol. The molecule has 0 radical (unpaired) electrons. The molecule has 0 atom stereocenters. The van der Waals surface area contributed by atoms with Crippen LogP contribution in [0.5, 0.6) is 0 Å². The van der Waals surface area contributed by atoms with Crippen molar-refractivity contribution in [1.29, 1.82) is 0 Å². The van der Waals surface area contributed by atoms with Crippen LogP contribution in [0.4, 0.5) is 17.1 Å². The van der Waals surface area contributed by atoms with Crippen LogP contribution in [0.3, 0.4) is 0 Å². The second-order valence-electron chi connectivity index (χ2n) is 16.0. The molecule has 2 nitrogen and oxygen atoms in total. The van der Waals surface area contributed by atoms with Crippen LogP contribution in [-0.2, 0) is 5.41 Å². The smallest absolute Gasteiger partial charge is 0.136 e. The van der Waals surface area contributed by atoms with Gasteiger partial charge >= 0.3 is 0 Å². The van der Waals surface area contributed by atoms with Gasteiger partial charge in [-0.25, -0.2) is 0 Å². The van der Waals surface area contributed by atoms with E-state index < -0.39 is 5.41 Å². The van der Waals surface area contributed by atoms with Crippen molar-refractivity contribution in [3.05, 3.63) is 259 Å². The van der Waals surface area contributed by atoms with Gasteiger partial charge in [0.2, 0.25) is 0 Å². The monoisotopic (exact) mass is 777 g/mol. The fourth-order valence-electron chi connectivity index (χ4n) is 10.1. The quantitative estimate of drug-likeness (QED) is 0.160. The van der Waals surface area contributed by atoms with E-state index in [2.05, 4.69) is 241 Å². The predicted molar refractivity (Wildman–Crippen MR) is 254 cm³/mol. The molecule has 0 unspecified atom stereocenters. The lowest BCUT2D eigenvalue weighted by atomic mass is 9.68. The van der Waals surface area contributed by atoms with Gasteiger partial charge in [-0.05, 0) is 103 Å². The van der Waals surface area contributed by atoms with Crippen LogP contribution in [-0.4, -0.2) is 0 Å². The fraction of sp³-hybridized carbons (Fsp3) is 0.0169. The zero-order valence-corrected chi connectivity index (χ0v) is 33.4. The Balaban J connectivity index is 1.16. The van der Waals surface area contributed by atoms with E-state index >= 15 is 0 Å². The Morgan fingerprint density at radius 3 is 1.70 bits per heavy atom. The minimum absolute atomic E-state index is 0.488. The Labute approximate surface area is 355 Å². The van der Waals surface area contributed by atoms with Crippen molar-refractivity contribution in [2.24, 2.45) is 0 Å². The van der Waals surface area contributed by atoms with Crippen LogP contribution in [0, 0.1) is 0 Å². The lowest BCUT2D eigenvalue weighted by molar-refractivity contribution is 0.669. The van der Waals surface area contributed by atoms with Crippen LogP contribution in [0.1, 0.15) is 22.3 Å². The van der Waals surface area contributed by atoms with E-state index in [0.717, 1.165) is 50.1 Å². The average Bonchev–Trinajstić information content (AvgIpc) is 3.86. The normalized spacial score (nSPS) is 12.7. The van der Waals surface area contributed by atoms with Crippen molar-refractivity contribution >= 4 is 49.8 Å². The van der Waals surface area contributed by atoms with Crippen molar-refractivity contribution in [2.45, 2.75) is 5.41 Å². The first-order valence-corrected chi connectivity index (χ1v) is 21.0. The number of fused-ring (bicyclic) bond motifs is 7. The van der Waals surface area contributed by atoms with Gasteiger partial charge < -0.3 is 9.32 Å². The molecule has 2 heteroatoms. The van der Waals surface area contributed by atoms with E-state index in [1.54, 1.807) is 0 Å². The Morgan fingerprint density at radius 1 is 0.361 bits per heavy atom. The van der Waals surface area contributed by atoms with E-state index in [0.29, 0.717) is 0 Å². The molecule has 0 spiro atoms. The number of rotatable bonds is 7. The number of anilines is 3. The number of benzene rings is 10.